The number of hydrogen-bond donors (Lipinski definition) is 1. The lowest BCUT2D eigenvalue weighted by molar-refractivity contribution is 0.293. The summed E-state index contributed by atoms with van der Waals surface area (Å²) in [6.45, 7) is 0.782. The maximum absolute atomic E-state index is 8.82. The predicted molar refractivity (Wildman–Crippen MR) is 60.5 cm³/mol. The highest BCUT2D eigenvalue weighted by Crippen LogP contribution is 2.26. The highest BCUT2D eigenvalue weighted by molar-refractivity contribution is 5.86. The third kappa shape index (κ3) is 2.08. The van der Waals surface area contributed by atoms with E-state index in [-0.39, 0.29) is 12.4 Å². The van der Waals surface area contributed by atoms with Crippen molar-refractivity contribution < 1.29 is 9.26 Å². The minimum Gasteiger partial charge on any atom is -0.474 e. The van der Waals surface area contributed by atoms with E-state index >= 15 is 0 Å². The summed E-state index contributed by atoms with van der Waals surface area (Å²) in [5, 5.41) is 13.3. The van der Waals surface area contributed by atoms with E-state index in [1.807, 2.05) is 6.07 Å². The van der Waals surface area contributed by atoms with Crippen molar-refractivity contribution in [2.45, 2.75) is 0 Å². The van der Waals surface area contributed by atoms with Gasteiger partial charge in [-0.3, -0.25) is 0 Å². The van der Waals surface area contributed by atoms with Gasteiger partial charge >= 0.3 is 0 Å². The van der Waals surface area contributed by atoms with Crippen LogP contribution in [0.4, 0.5) is 0 Å². The fourth-order valence-electron chi connectivity index (χ4n) is 1.29. The first-order chi connectivity index (χ1) is 7.36. The molecule has 2 rings (SSSR count). The average molecular weight is 240 g/mol. The summed E-state index contributed by atoms with van der Waals surface area (Å²) in [5.74, 6) is 0.382. The highest BCUT2D eigenvalue weighted by atomic mass is 35.5. The number of nitrogens with zero attached hydrogens (tertiary/aromatic N) is 2. The molecule has 0 radical (unpaired) electrons. The number of para-hydroxylation sites is 1. The molecule has 1 aromatic heterocycles. The van der Waals surface area contributed by atoms with E-state index in [9.17, 15) is 0 Å². The molecule has 0 aliphatic heterocycles. The van der Waals surface area contributed by atoms with E-state index in [1.165, 1.54) is 0 Å². The monoisotopic (exact) mass is 239 g/mol. The SMILES string of the molecule is Cl.N#Cc1cccc2c(OCCN)noc12. The van der Waals surface area contributed by atoms with Gasteiger partial charge in [0.25, 0.3) is 5.88 Å². The Morgan fingerprint density at radius 3 is 3.00 bits per heavy atom. The smallest absolute Gasteiger partial charge is 0.262 e. The molecule has 0 fully saturated rings. The number of nitrogens with two attached hydrogens (primary N) is 1. The van der Waals surface area contributed by atoms with Crippen LogP contribution in [0.1, 0.15) is 5.56 Å². The lowest BCUT2D eigenvalue weighted by Crippen LogP contribution is -2.10. The van der Waals surface area contributed by atoms with Crippen LogP contribution in [0.3, 0.4) is 0 Å². The van der Waals surface area contributed by atoms with Crippen molar-refractivity contribution in [3.8, 4) is 11.9 Å². The summed E-state index contributed by atoms with van der Waals surface area (Å²) >= 11 is 0. The lowest BCUT2D eigenvalue weighted by atomic mass is 10.2. The fraction of sp³-hybridized carbons (Fsp3) is 0.200. The van der Waals surface area contributed by atoms with E-state index < -0.39 is 0 Å². The van der Waals surface area contributed by atoms with Gasteiger partial charge in [-0.05, 0) is 17.3 Å². The maximum Gasteiger partial charge on any atom is 0.262 e. The van der Waals surface area contributed by atoms with Crippen LogP contribution in [0.25, 0.3) is 11.0 Å². The molecule has 1 heterocycles. The number of halogens is 1. The second-order valence-electron chi connectivity index (χ2n) is 2.92. The van der Waals surface area contributed by atoms with Crippen LogP contribution in [-0.2, 0) is 0 Å². The largest absolute Gasteiger partial charge is 0.474 e. The molecule has 0 bridgehead atoms. The molecule has 5 nitrogen and oxygen atoms in total. The topological polar surface area (TPSA) is 85.1 Å². The van der Waals surface area contributed by atoms with Gasteiger partial charge in [-0.25, -0.2) is 0 Å². The lowest BCUT2D eigenvalue weighted by Gasteiger charge is -1.98. The first kappa shape index (κ1) is 12.3. The Morgan fingerprint density at radius 2 is 2.31 bits per heavy atom. The fourth-order valence-corrected chi connectivity index (χ4v) is 1.29. The van der Waals surface area contributed by atoms with Crippen LogP contribution in [0.15, 0.2) is 22.7 Å². The molecule has 1 aromatic carbocycles. The van der Waals surface area contributed by atoms with Gasteiger partial charge in [-0.15, -0.1) is 12.4 Å². The van der Waals surface area contributed by atoms with Crippen molar-refractivity contribution in [2.75, 3.05) is 13.2 Å². The van der Waals surface area contributed by atoms with E-state index in [0.29, 0.717) is 35.6 Å². The van der Waals surface area contributed by atoms with Gasteiger partial charge in [-0.2, -0.15) is 5.26 Å². The Hall–Kier alpha value is -1.77. The zero-order chi connectivity index (χ0) is 10.7. The molecule has 0 aliphatic rings. The predicted octanol–water partition coefficient (Wildman–Crippen LogP) is 1.46. The zero-order valence-electron chi connectivity index (χ0n) is 8.34. The van der Waals surface area contributed by atoms with Crippen molar-refractivity contribution in [2.24, 2.45) is 5.73 Å². The minimum absolute atomic E-state index is 0. The van der Waals surface area contributed by atoms with Gasteiger partial charge in [-0.1, -0.05) is 6.07 Å². The molecule has 84 valence electrons. The molecule has 0 spiro atoms. The number of ether oxygens (including phenoxy) is 1. The second kappa shape index (κ2) is 5.35. The number of fused-ring (bicyclic) bond motifs is 1. The van der Waals surface area contributed by atoms with Gasteiger partial charge < -0.3 is 15.0 Å². The molecule has 0 atom stereocenters. The molecule has 0 aliphatic carbocycles. The Kier molecular flexibility index (Phi) is 4.11. The summed E-state index contributed by atoms with van der Waals surface area (Å²) in [5.41, 5.74) is 6.21. The Morgan fingerprint density at radius 1 is 1.50 bits per heavy atom. The van der Waals surface area contributed by atoms with Crippen molar-refractivity contribution in [3.05, 3.63) is 23.8 Å². The molecule has 0 saturated carbocycles. The first-order valence-electron chi connectivity index (χ1n) is 4.48. The maximum atomic E-state index is 8.82. The molecule has 0 unspecified atom stereocenters. The first-order valence-corrected chi connectivity index (χ1v) is 4.48. The Balaban J connectivity index is 0.00000128. The standard InChI is InChI=1S/C10H9N3O2.ClH/c11-4-5-14-10-8-3-1-2-7(6-12)9(8)15-13-10;/h1-3H,4-5,11H2;1H. The molecule has 0 saturated heterocycles. The Bertz CT molecular complexity index is 518. The summed E-state index contributed by atoms with van der Waals surface area (Å²) in [6.07, 6.45) is 0. The number of hydrogen-bond acceptors (Lipinski definition) is 5. The van der Waals surface area contributed by atoms with E-state index in [1.54, 1.807) is 18.2 Å². The number of nitriles is 1. The van der Waals surface area contributed by atoms with Crippen LogP contribution in [0.5, 0.6) is 5.88 Å². The van der Waals surface area contributed by atoms with Gasteiger partial charge in [0, 0.05) is 6.54 Å². The molecule has 2 N–H and O–H groups in total. The van der Waals surface area contributed by atoms with Crippen LogP contribution in [0.2, 0.25) is 0 Å². The summed E-state index contributed by atoms with van der Waals surface area (Å²) in [7, 11) is 0. The van der Waals surface area contributed by atoms with Gasteiger partial charge in [0.15, 0.2) is 5.58 Å². The van der Waals surface area contributed by atoms with Gasteiger partial charge in [0.1, 0.15) is 12.7 Å². The van der Waals surface area contributed by atoms with E-state index in [4.69, 9.17) is 20.3 Å². The van der Waals surface area contributed by atoms with E-state index in [0.717, 1.165) is 0 Å². The number of benzene rings is 1. The van der Waals surface area contributed by atoms with Crippen molar-refractivity contribution in [3.63, 3.8) is 0 Å². The Labute approximate surface area is 98.2 Å². The van der Waals surface area contributed by atoms with Crippen LogP contribution in [-0.4, -0.2) is 18.3 Å². The molecular formula is C10H10ClN3O2. The second-order valence-corrected chi connectivity index (χ2v) is 2.92. The third-order valence-corrected chi connectivity index (χ3v) is 1.94. The van der Waals surface area contributed by atoms with Gasteiger partial charge in [0.05, 0.1) is 10.9 Å². The normalized spacial score (nSPS) is 9.50. The van der Waals surface area contributed by atoms with Crippen molar-refractivity contribution >= 4 is 23.4 Å². The molecular weight excluding hydrogens is 230 g/mol. The van der Waals surface area contributed by atoms with Gasteiger partial charge in [0.2, 0.25) is 0 Å². The van der Waals surface area contributed by atoms with E-state index in [2.05, 4.69) is 5.16 Å². The highest BCUT2D eigenvalue weighted by Gasteiger charge is 2.11. The molecule has 0 amide bonds. The van der Waals surface area contributed by atoms with Crippen LogP contribution >= 0.6 is 12.4 Å². The summed E-state index contributed by atoms with van der Waals surface area (Å²) in [6, 6.07) is 7.24. The van der Waals surface area contributed by atoms with Crippen LogP contribution in [0, 0.1) is 11.3 Å². The zero-order valence-corrected chi connectivity index (χ0v) is 9.16. The van der Waals surface area contributed by atoms with Crippen molar-refractivity contribution in [1.82, 2.24) is 5.16 Å². The third-order valence-electron chi connectivity index (χ3n) is 1.94. The summed E-state index contributed by atoms with van der Waals surface area (Å²) in [4.78, 5) is 0. The minimum atomic E-state index is 0. The van der Waals surface area contributed by atoms with Crippen LogP contribution < -0.4 is 10.5 Å². The number of aromatic nitrogens is 1. The quantitative estimate of drug-likeness (QED) is 0.876. The average Bonchev–Trinajstić information content (AvgIpc) is 2.69. The molecule has 2 aromatic rings. The molecule has 6 heteroatoms. The van der Waals surface area contributed by atoms with Crippen molar-refractivity contribution in [1.29, 1.82) is 5.26 Å². The summed E-state index contributed by atoms with van der Waals surface area (Å²) < 4.78 is 10.3. The number of rotatable bonds is 3. The molecule has 16 heavy (non-hydrogen) atoms.